The highest BCUT2D eigenvalue weighted by molar-refractivity contribution is 5.75. The fourth-order valence-corrected chi connectivity index (χ4v) is 1.65. The van der Waals surface area contributed by atoms with Crippen molar-refractivity contribution >= 4 is 23.1 Å². The minimum atomic E-state index is 0. The van der Waals surface area contributed by atoms with E-state index in [1.807, 2.05) is 0 Å². The quantitative estimate of drug-likeness (QED) is 0.495. The average Bonchev–Trinajstić information content (AvgIpc) is 1.84. The van der Waals surface area contributed by atoms with Gasteiger partial charge in [-0.15, -0.1) is 0 Å². The van der Waals surface area contributed by atoms with Crippen LogP contribution < -0.4 is 0 Å². The summed E-state index contributed by atoms with van der Waals surface area (Å²) in [4.78, 5) is 2.47. The van der Waals surface area contributed by atoms with E-state index in [-0.39, 0.29) is 23.1 Å². The Kier molecular flexibility index (Phi) is 4.37. The Balaban J connectivity index is 0.000001000. The van der Waals surface area contributed by atoms with Crippen molar-refractivity contribution in [3.8, 4) is 0 Å². The molecule has 11 heavy (non-hydrogen) atoms. The number of piperidine rings is 1. The zero-order valence-electron chi connectivity index (χ0n) is 8.35. The van der Waals surface area contributed by atoms with E-state index in [2.05, 4.69) is 32.7 Å². The summed E-state index contributed by atoms with van der Waals surface area (Å²) in [6.07, 6.45) is 2.78. The number of likely N-dealkylation sites (tertiary alicyclic amines) is 1. The lowest BCUT2D eigenvalue weighted by atomic mass is 9.81. The van der Waals surface area contributed by atoms with Crippen LogP contribution in [0, 0.1) is 5.92 Å². The molecule has 0 aromatic rings. The number of rotatable bonds is 0. The number of hydrogen-bond acceptors (Lipinski definition) is 1. The summed E-state index contributed by atoms with van der Waals surface area (Å²) in [7, 11) is 2.23. The number of hydrogen-bond donors (Lipinski definition) is 0. The van der Waals surface area contributed by atoms with Gasteiger partial charge in [0.15, 0.2) is 0 Å². The summed E-state index contributed by atoms with van der Waals surface area (Å²) in [5.41, 5.74) is 0.429. The molecule has 2 radical (unpaired) electrons. The van der Waals surface area contributed by atoms with E-state index in [0.29, 0.717) is 5.54 Å². The van der Waals surface area contributed by atoms with E-state index in [0.717, 1.165) is 5.92 Å². The molecule has 0 spiro atoms. The van der Waals surface area contributed by atoms with Crippen LogP contribution >= 0.6 is 0 Å². The topological polar surface area (TPSA) is 3.24 Å². The van der Waals surface area contributed by atoms with Crippen LogP contribution in [-0.4, -0.2) is 47.1 Å². The van der Waals surface area contributed by atoms with Crippen LogP contribution in [0.4, 0.5) is 0 Å². The molecule has 0 N–H and O–H groups in total. The summed E-state index contributed by atoms with van der Waals surface area (Å²) in [5, 5.41) is 0. The molecular weight excluding hydrogens is 146 g/mol. The fraction of sp³-hybridized carbons (Fsp3) is 1.00. The van der Waals surface area contributed by atoms with Gasteiger partial charge >= 0.3 is 0 Å². The minimum Gasteiger partial charge on any atom is -0.301 e. The SMILES string of the molecule is CC1CCCN(C)C1(C)C.[Mg]. The zero-order valence-corrected chi connectivity index (χ0v) is 9.77. The highest BCUT2D eigenvalue weighted by Gasteiger charge is 2.32. The molecule has 1 rings (SSSR count). The van der Waals surface area contributed by atoms with Crippen LogP contribution in [0.3, 0.4) is 0 Å². The van der Waals surface area contributed by atoms with Gasteiger partial charge in [-0.3, -0.25) is 0 Å². The maximum atomic E-state index is 2.47. The third kappa shape index (κ3) is 2.33. The molecule has 1 heterocycles. The second kappa shape index (κ2) is 4.10. The van der Waals surface area contributed by atoms with Gasteiger partial charge in [-0.25, -0.2) is 0 Å². The maximum absolute atomic E-state index is 2.47. The van der Waals surface area contributed by atoms with Gasteiger partial charge in [-0.1, -0.05) is 6.92 Å². The summed E-state index contributed by atoms with van der Waals surface area (Å²) >= 11 is 0. The third-order valence-corrected chi connectivity index (χ3v) is 3.32. The molecule has 0 saturated carbocycles. The number of nitrogens with zero attached hydrogens (tertiary/aromatic N) is 1. The van der Waals surface area contributed by atoms with Gasteiger partial charge in [-0.05, 0) is 46.2 Å². The molecule has 0 bridgehead atoms. The van der Waals surface area contributed by atoms with Crippen LogP contribution in [0.5, 0.6) is 0 Å². The van der Waals surface area contributed by atoms with E-state index in [4.69, 9.17) is 0 Å². The molecule has 1 fully saturated rings. The van der Waals surface area contributed by atoms with Crippen molar-refractivity contribution < 1.29 is 0 Å². The Morgan fingerprint density at radius 3 is 2.27 bits per heavy atom. The van der Waals surface area contributed by atoms with Gasteiger partial charge in [-0.2, -0.15) is 0 Å². The van der Waals surface area contributed by atoms with Crippen molar-refractivity contribution in [3.63, 3.8) is 0 Å². The van der Waals surface area contributed by atoms with E-state index >= 15 is 0 Å². The summed E-state index contributed by atoms with van der Waals surface area (Å²) in [6, 6.07) is 0. The maximum Gasteiger partial charge on any atom is 0.0175 e. The molecule has 0 aromatic heterocycles. The Hall–Kier alpha value is 0.726. The highest BCUT2D eigenvalue weighted by Crippen LogP contribution is 2.30. The first-order valence-electron chi connectivity index (χ1n) is 4.26. The van der Waals surface area contributed by atoms with E-state index in [1.165, 1.54) is 19.4 Å². The van der Waals surface area contributed by atoms with Crippen molar-refractivity contribution in [2.45, 2.75) is 39.2 Å². The lowest BCUT2D eigenvalue weighted by Gasteiger charge is -2.44. The summed E-state index contributed by atoms with van der Waals surface area (Å²) in [5.74, 6) is 0.853. The van der Waals surface area contributed by atoms with E-state index in [1.54, 1.807) is 0 Å². The van der Waals surface area contributed by atoms with Crippen LogP contribution in [0.15, 0.2) is 0 Å². The van der Waals surface area contributed by atoms with Crippen LogP contribution in [0.1, 0.15) is 33.6 Å². The standard InChI is InChI=1S/C9H19N.Mg/c1-8-6-5-7-10(4)9(8,2)3;/h8H,5-7H2,1-4H3;. The third-order valence-electron chi connectivity index (χ3n) is 3.32. The smallest absolute Gasteiger partial charge is 0.0175 e. The van der Waals surface area contributed by atoms with Crippen molar-refractivity contribution in [1.29, 1.82) is 0 Å². The molecule has 1 atom stereocenters. The normalized spacial score (nSPS) is 31.1. The van der Waals surface area contributed by atoms with Gasteiger partial charge in [0, 0.05) is 28.6 Å². The fourth-order valence-electron chi connectivity index (χ4n) is 1.65. The highest BCUT2D eigenvalue weighted by atomic mass is 24.3. The largest absolute Gasteiger partial charge is 0.301 e. The van der Waals surface area contributed by atoms with Gasteiger partial charge in [0.2, 0.25) is 0 Å². The van der Waals surface area contributed by atoms with E-state index in [9.17, 15) is 0 Å². The lowest BCUT2D eigenvalue weighted by molar-refractivity contribution is 0.0547. The van der Waals surface area contributed by atoms with Gasteiger partial charge < -0.3 is 4.90 Å². The molecule has 1 unspecified atom stereocenters. The first-order valence-corrected chi connectivity index (χ1v) is 4.26. The molecule has 1 saturated heterocycles. The Bertz CT molecular complexity index is 111. The van der Waals surface area contributed by atoms with Crippen molar-refractivity contribution in [1.82, 2.24) is 4.90 Å². The molecule has 62 valence electrons. The van der Waals surface area contributed by atoms with Crippen molar-refractivity contribution in [2.24, 2.45) is 5.92 Å². The molecule has 0 amide bonds. The molecule has 1 aliphatic rings. The molecule has 1 nitrogen and oxygen atoms in total. The van der Waals surface area contributed by atoms with E-state index < -0.39 is 0 Å². The first-order chi connectivity index (χ1) is 4.55. The molecule has 0 aromatic carbocycles. The first kappa shape index (κ1) is 11.7. The molecule has 1 aliphatic heterocycles. The molecular formula is C9H19MgN. The predicted octanol–water partition coefficient (Wildman–Crippen LogP) is 1.75. The monoisotopic (exact) mass is 165 g/mol. The van der Waals surface area contributed by atoms with Crippen LogP contribution in [0.2, 0.25) is 0 Å². The second-order valence-corrected chi connectivity index (χ2v) is 4.12. The average molecular weight is 166 g/mol. The summed E-state index contributed by atoms with van der Waals surface area (Å²) in [6.45, 7) is 8.32. The van der Waals surface area contributed by atoms with Crippen molar-refractivity contribution in [3.05, 3.63) is 0 Å². The van der Waals surface area contributed by atoms with Crippen LogP contribution in [0.25, 0.3) is 0 Å². The Morgan fingerprint density at radius 1 is 1.36 bits per heavy atom. The minimum absolute atomic E-state index is 0. The van der Waals surface area contributed by atoms with Gasteiger partial charge in [0.25, 0.3) is 0 Å². The lowest BCUT2D eigenvalue weighted by Crippen LogP contribution is -2.49. The molecule has 0 aliphatic carbocycles. The van der Waals surface area contributed by atoms with Crippen LogP contribution in [-0.2, 0) is 0 Å². The van der Waals surface area contributed by atoms with Gasteiger partial charge in [0.05, 0.1) is 0 Å². The Labute approximate surface area is 86.7 Å². The Morgan fingerprint density at radius 2 is 1.91 bits per heavy atom. The van der Waals surface area contributed by atoms with Gasteiger partial charge in [0.1, 0.15) is 0 Å². The predicted molar refractivity (Wildman–Crippen MR) is 50.9 cm³/mol. The van der Waals surface area contributed by atoms with Crippen molar-refractivity contribution in [2.75, 3.05) is 13.6 Å². The zero-order chi connectivity index (χ0) is 7.78. The summed E-state index contributed by atoms with van der Waals surface area (Å²) < 4.78 is 0. The molecule has 2 heteroatoms. The second-order valence-electron chi connectivity index (χ2n) is 4.12.